The number of pyridine rings is 1. The van der Waals surface area contributed by atoms with E-state index in [1.165, 1.54) is 11.8 Å². The van der Waals surface area contributed by atoms with E-state index in [9.17, 15) is 18.8 Å². The SMILES string of the molecule is CC(=O)c1cn(CC(=O)N2CC(F)CC2C(=O)Nc2cccc3c2CN(c2ccccn2)C3)c2ccc(-c3ccnnc3)cc12. The van der Waals surface area contributed by atoms with Crippen LogP contribution >= 0.6 is 0 Å². The van der Waals surface area contributed by atoms with Crippen molar-refractivity contribution in [3.05, 3.63) is 102 Å². The first-order valence-corrected chi connectivity index (χ1v) is 14.8. The number of Topliss-reactive ketones (excluding diaryl/α,β-unsaturated/α-hetero) is 1. The van der Waals surface area contributed by atoms with Crippen molar-refractivity contribution >= 4 is 40.0 Å². The molecule has 2 amide bonds. The maximum Gasteiger partial charge on any atom is 0.247 e. The molecular formula is C34H30FN7O3. The van der Waals surface area contributed by atoms with E-state index < -0.39 is 24.0 Å². The number of amides is 2. The Morgan fingerprint density at radius 3 is 2.64 bits per heavy atom. The number of anilines is 2. The Morgan fingerprint density at radius 1 is 0.978 bits per heavy atom. The van der Waals surface area contributed by atoms with Gasteiger partial charge in [-0.2, -0.15) is 10.2 Å². The van der Waals surface area contributed by atoms with Crippen molar-refractivity contribution in [3.63, 3.8) is 0 Å². The summed E-state index contributed by atoms with van der Waals surface area (Å²) in [6, 6.07) is 18.0. The van der Waals surface area contributed by atoms with Crippen molar-refractivity contribution in [2.24, 2.45) is 0 Å². The summed E-state index contributed by atoms with van der Waals surface area (Å²) in [7, 11) is 0. The lowest BCUT2D eigenvalue weighted by molar-refractivity contribution is -0.137. The van der Waals surface area contributed by atoms with E-state index in [4.69, 9.17) is 0 Å². The molecule has 10 nitrogen and oxygen atoms in total. The van der Waals surface area contributed by atoms with Crippen LogP contribution in [0.3, 0.4) is 0 Å². The fourth-order valence-electron chi connectivity index (χ4n) is 6.35. The number of benzene rings is 2. The minimum Gasteiger partial charge on any atom is -0.348 e. The van der Waals surface area contributed by atoms with Gasteiger partial charge in [-0.3, -0.25) is 14.4 Å². The van der Waals surface area contributed by atoms with Crippen molar-refractivity contribution in [2.45, 2.75) is 45.2 Å². The summed E-state index contributed by atoms with van der Waals surface area (Å²) in [5.41, 5.74) is 5.56. The van der Waals surface area contributed by atoms with Gasteiger partial charge in [0.05, 0.1) is 18.9 Å². The molecule has 3 aromatic heterocycles. The monoisotopic (exact) mass is 603 g/mol. The van der Waals surface area contributed by atoms with Gasteiger partial charge in [0, 0.05) is 59.6 Å². The van der Waals surface area contributed by atoms with Gasteiger partial charge in [0.15, 0.2) is 5.78 Å². The van der Waals surface area contributed by atoms with Gasteiger partial charge in [0.1, 0.15) is 24.6 Å². The summed E-state index contributed by atoms with van der Waals surface area (Å²) >= 11 is 0. The maximum atomic E-state index is 14.8. The smallest absolute Gasteiger partial charge is 0.247 e. The molecule has 0 saturated carbocycles. The van der Waals surface area contributed by atoms with Gasteiger partial charge < -0.3 is 19.7 Å². The number of nitrogens with one attached hydrogen (secondary N) is 1. The van der Waals surface area contributed by atoms with Crippen molar-refractivity contribution in [3.8, 4) is 11.1 Å². The fourth-order valence-corrected chi connectivity index (χ4v) is 6.35. The number of rotatable bonds is 7. The van der Waals surface area contributed by atoms with Crippen LogP contribution in [0.25, 0.3) is 22.0 Å². The van der Waals surface area contributed by atoms with Crippen LogP contribution in [0.4, 0.5) is 15.9 Å². The Morgan fingerprint density at radius 2 is 1.87 bits per heavy atom. The van der Waals surface area contributed by atoms with E-state index in [1.807, 2.05) is 60.7 Å². The third-order valence-electron chi connectivity index (χ3n) is 8.57. The summed E-state index contributed by atoms with van der Waals surface area (Å²) in [6.07, 6.45) is 5.23. The Kier molecular flexibility index (Phi) is 7.28. The highest BCUT2D eigenvalue weighted by atomic mass is 19.1. The molecule has 45 heavy (non-hydrogen) atoms. The lowest BCUT2D eigenvalue weighted by atomic mass is 10.0. The number of hydrogen-bond donors (Lipinski definition) is 1. The first-order chi connectivity index (χ1) is 21.9. The van der Waals surface area contributed by atoms with E-state index in [2.05, 4.69) is 25.4 Å². The fraction of sp³-hybridized carbons (Fsp3) is 0.235. The quantitative estimate of drug-likeness (QED) is 0.266. The largest absolute Gasteiger partial charge is 0.348 e. The summed E-state index contributed by atoms with van der Waals surface area (Å²) in [5.74, 6) is -0.125. The number of alkyl halides is 1. The normalized spacial score (nSPS) is 17.5. The number of fused-ring (bicyclic) bond motifs is 2. The van der Waals surface area contributed by atoms with Crippen molar-refractivity contribution in [1.82, 2.24) is 24.6 Å². The van der Waals surface area contributed by atoms with Gasteiger partial charge in [-0.15, -0.1) is 0 Å². The third-order valence-corrected chi connectivity index (χ3v) is 8.57. The first-order valence-electron chi connectivity index (χ1n) is 14.8. The molecule has 0 bridgehead atoms. The van der Waals surface area contributed by atoms with Crippen LogP contribution in [0.2, 0.25) is 0 Å². The lowest BCUT2D eigenvalue weighted by Crippen LogP contribution is -2.44. The molecule has 1 saturated heterocycles. The van der Waals surface area contributed by atoms with Crippen molar-refractivity contribution in [1.29, 1.82) is 0 Å². The predicted molar refractivity (Wildman–Crippen MR) is 167 cm³/mol. The number of carbonyl (C=O) groups is 3. The molecule has 2 unspecified atom stereocenters. The number of halogens is 1. The van der Waals surface area contributed by atoms with E-state index in [0.717, 1.165) is 28.1 Å². The first kappa shape index (κ1) is 28.3. The predicted octanol–water partition coefficient (Wildman–Crippen LogP) is 4.79. The molecule has 0 aliphatic carbocycles. The summed E-state index contributed by atoms with van der Waals surface area (Å²) in [5, 5.41) is 11.4. The topological polar surface area (TPSA) is 113 Å². The van der Waals surface area contributed by atoms with Gasteiger partial charge in [-0.05, 0) is 60.0 Å². The summed E-state index contributed by atoms with van der Waals surface area (Å²) in [6.45, 7) is 2.39. The Bertz CT molecular complexity index is 1930. The van der Waals surface area contributed by atoms with Crippen molar-refractivity contribution < 1.29 is 18.8 Å². The molecule has 2 aliphatic rings. The maximum absolute atomic E-state index is 14.8. The van der Waals surface area contributed by atoms with Gasteiger partial charge >= 0.3 is 0 Å². The molecule has 2 aromatic carbocycles. The second kappa shape index (κ2) is 11.6. The molecule has 7 rings (SSSR count). The van der Waals surface area contributed by atoms with Gasteiger partial charge in [0.25, 0.3) is 0 Å². The van der Waals surface area contributed by atoms with Crippen LogP contribution in [0.1, 0.15) is 34.8 Å². The highest BCUT2D eigenvalue weighted by Crippen LogP contribution is 2.33. The van der Waals surface area contributed by atoms with Gasteiger partial charge in [0.2, 0.25) is 11.8 Å². The summed E-state index contributed by atoms with van der Waals surface area (Å²) < 4.78 is 16.5. The van der Waals surface area contributed by atoms with Crippen LogP contribution in [0.15, 0.2) is 85.5 Å². The second-order valence-electron chi connectivity index (χ2n) is 11.5. The van der Waals surface area contributed by atoms with E-state index in [1.54, 1.807) is 29.4 Å². The lowest BCUT2D eigenvalue weighted by Gasteiger charge is -2.24. The highest BCUT2D eigenvalue weighted by molar-refractivity contribution is 6.08. The molecule has 2 atom stereocenters. The zero-order valence-electron chi connectivity index (χ0n) is 24.6. The van der Waals surface area contributed by atoms with Crippen LogP contribution in [0, 0.1) is 0 Å². The zero-order valence-corrected chi connectivity index (χ0v) is 24.6. The molecular weight excluding hydrogens is 573 g/mol. The molecule has 5 aromatic rings. The van der Waals surface area contributed by atoms with E-state index in [0.29, 0.717) is 35.2 Å². The summed E-state index contributed by atoms with van der Waals surface area (Å²) in [4.78, 5) is 47.7. The minimum absolute atomic E-state index is 0.0822. The number of likely N-dealkylation sites (tertiary alicyclic amines) is 1. The Hall–Kier alpha value is -5.45. The average molecular weight is 604 g/mol. The molecule has 226 valence electrons. The Balaban J connectivity index is 1.11. The van der Waals surface area contributed by atoms with Gasteiger partial charge in [-0.25, -0.2) is 9.37 Å². The van der Waals surface area contributed by atoms with Crippen LogP contribution in [-0.4, -0.2) is 61.0 Å². The average Bonchev–Trinajstić information content (AvgIpc) is 3.77. The molecule has 0 spiro atoms. The molecule has 2 aliphatic heterocycles. The standard InChI is InChI=1S/C34H30FN7O3/c1-21(43)27-18-40(30-9-8-22(13-26(27)30)23-10-12-37-38-15-23)20-33(44)42-17-25(35)14-31(42)34(45)39-29-6-4-5-24-16-41(19-28(24)29)32-7-2-3-11-36-32/h2-13,15,18,25,31H,14,16-17,19-20H2,1H3,(H,39,45). The number of ketones is 1. The number of carbonyl (C=O) groups excluding carboxylic acids is 3. The number of hydrogen-bond acceptors (Lipinski definition) is 7. The molecule has 0 radical (unpaired) electrons. The van der Waals surface area contributed by atoms with E-state index >= 15 is 0 Å². The minimum atomic E-state index is -1.32. The third kappa shape index (κ3) is 5.41. The molecule has 1 N–H and O–H groups in total. The number of nitrogens with zero attached hydrogens (tertiary/aromatic N) is 6. The van der Waals surface area contributed by atoms with E-state index in [-0.39, 0.29) is 25.3 Å². The molecule has 11 heteroatoms. The number of aromatic nitrogens is 4. The van der Waals surface area contributed by atoms with Crippen LogP contribution in [0.5, 0.6) is 0 Å². The second-order valence-corrected chi connectivity index (χ2v) is 11.5. The highest BCUT2D eigenvalue weighted by Gasteiger charge is 2.40. The Labute approximate surface area is 258 Å². The van der Waals surface area contributed by atoms with Crippen LogP contribution < -0.4 is 10.2 Å². The molecule has 1 fully saturated rings. The van der Waals surface area contributed by atoms with Crippen LogP contribution in [-0.2, 0) is 29.2 Å². The zero-order chi connectivity index (χ0) is 31.1. The molecule has 5 heterocycles. The van der Waals surface area contributed by atoms with Crippen molar-refractivity contribution in [2.75, 3.05) is 16.8 Å². The van der Waals surface area contributed by atoms with Gasteiger partial charge in [-0.1, -0.05) is 24.3 Å².